The van der Waals surface area contributed by atoms with Crippen LogP contribution in [0.3, 0.4) is 0 Å². The maximum Gasteiger partial charge on any atom is 0.410 e. The first-order valence-electron chi connectivity index (χ1n) is 10.7. The highest BCUT2D eigenvalue weighted by atomic mass is 16.6. The van der Waals surface area contributed by atoms with Crippen molar-refractivity contribution < 1.29 is 33.3 Å². The quantitative estimate of drug-likeness (QED) is 0.626. The van der Waals surface area contributed by atoms with Crippen LogP contribution in [0.4, 0.5) is 4.79 Å². The highest BCUT2D eigenvalue weighted by Gasteiger charge is 2.32. The lowest BCUT2D eigenvalue weighted by atomic mass is 10.1. The van der Waals surface area contributed by atoms with Gasteiger partial charge in [0.05, 0.1) is 33.5 Å². The van der Waals surface area contributed by atoms with Gasteiger partial charge in [-0.3, -0.25) is 4.79 Å². The molecule has 0 aromatic heterocycles. The van der Waals surface area contributed by atoms with Crippen molar-refractivity contribution in [3.63, 3.8) is 0 Å². The first-order chi connectivity index (χ1) is 15.0. The molecule has 1 aliphatic rings. The van der Waals surface area contributed by atoms with E-state index in [1.165, 1.54) is 21.3 Å². The minimum absolute atomic E-state index is 0.230. The average Bonchev–Trinajstić information content (AvgIpc) is 2.74. The summed E-state index contributed by atoms with van der Waals surface area (Å²) in [5, 5.41) is 0. The molecule has 2 amide bonds. The Hall–Kier alpha value is -2.84. The van der Waals surface area contributed by atoms with Gasteiger partial charge in [-0.05, 0) is 26.7 Å². The minimum atomic E-state index is -0.567. The van der Waals surface area contributed by atoms with Crippen LogP contribution in [-0.4, -0.2) is 81.5 Å². The van der Waals surface area contributed by atoms with Gasteiger partial charge in [-0.15, -0.1) is 0 Å². The van der Waals surface area contributed by atoms with Gasteiger partial charge in [0.15, 0.2) is 11.5 Å². The summed E-state index contributed by atoms with van der Waals surface area (Å²) < 4.78 is 27.9. The third-order valence-corrected chi connectivity index (χ3v) is 4.79. The molecule has 1 saturated heterocycles. The molecule has 0 bridgehead atoms. The molecule has 1 fully saturated rings. The normalized spacial score (nSPS) is 14.3. The average molecular weight is 453 g/mol. The Bertz CT molecular complexity index is 810. The fourth-order valence-electron chi connectivity index (χ4n) is 3.27. The molecule has 9 heteroatoms. The molecule has 0 spiro atoms. The minimum Gasteiger partial charge on any atom is -0.493 e. The van der Waals surface area contributed by atoms with Crippen LogP contribution in [0.1, 0.15) is 45.0 Å². The Kier molecular flexibility index (Phi) is 8.46. The molecule has 2 rings (SSSR count). The second-order valence-electron chi connectivity index (χ2n) is 8.99. The maximum absolute atomic E-state index is 13.5. The third-order valence-electron chi connectivity index (χ3n) is 4.79. The number of nitrogens with zero attached hydrogens (tertiary/aromatic N) is 2. The summed E-state index contributed by atoms with van der Waals surface area (Å²) in [4.78, 5) is 29.1. The van der Waals surface area contributed by atoms with E-state index in [1.807, 2.05) is 34.6 Å². The summed E-state index contributed by atoms with van der Waals surface area (Å²) in [6.07, 6.45) is -0.377. The number of piperazine rings is 1. The van der Waals surface area contributed by atoms with E-state index in [2.05, 4.69) is 0 Å². The van der Waals surface area contributed by atoms with Gasteiger partial charge in [0.25, 0.3) is 5.91 Å². The first kappa shape index (κ1) is 25.4. The zero-order valence-electron chi connectivity index (χ0n) is 20.4. The van der Waals surface area contributed by atoms with E-state index >= 15 is 0 Å². The fraction of sp³-hybridized carbons (Fsp3) is 0.652. The van der Waals surface area contributed by atoms with Gasteiger partial charge >= 0.3 is 6.09 Å². The van der Waals surface area contributed by atoms with Gasteiger partial charge in [0.2, 0.25) is 11.5 Å². The van der Waals surface area contributed by atoms with E-state index in [4.69, 9.17) is 23.7 Å². The van der Waals surface area contributed by atoms with Crippen LogP contribution in [0.15, 0.2) is 6.07 Å². The summed E-state index contributed by atoms with van der Waals surface area (Å²) in [5.74, 6) is 1.37. The molecular formula is C23H36N2O7. The van der Waals surface area contributed by atoms with Crippen molar-refractivity contribution in [3.8, 4) is 23.0 Å². The van der Waals surface area contributed by atoms with Crippen molar-refractivity contribution in [2.45, 2.75) is 40.2 Å². The SMILES string of the molecule is COc1cc(C(=O)N2CCN(C(=O)OC(C)(C)C)CC2)c(OCC(C)C)c(OC)c1OC. The van der Waals surface area contributed by atoms with Crippen molar-refractivity contribution in [2.24, 2.45) is 5.92 Å². The second kappa shape index (κ2) is 10.7. The molecule has 1 heterocycles. The van der Waals surface area contributed by atoms with Crippen LogP contribution in [0.2, 0.25) is 0 Å². The van der Waals surface area contributed by atoms with Crippen molar-refractivity contribution >= 4 is 12.0 Å². The van der Waals surface area contributed by atoms with Gasteiger partial charge in [0.1, 0.15) is 5.60 Å². The van der Waals surface area contributed by atoms with Gasteiger partial charge in [-0.2, -0.15) is 0 Å². The number of benzene rings is 1. The van der Waals surface area contributed by atoms with Gasteiger partial charge in [-0.25, -0.2) is 4.79 Å². The van der Waals surface area contributed by atoms with Crippen molar-refractivity contribution in [1.29, 1.82) is 0 Å². The number of carbonyl (C=O) groups excluding carboxylic acids is 2. The van der Waals surface area contributed by atoms with Crippen LogP contribution in [-0.2, 0) is 4.74 Å². The van der Waals surface area contributed by atoms with Crippen LogP contribution in [0.5, 0.6) is 23.0 Å². The third kappa shape index (κ3) is 6.11. The van der Waals surface area contributed by atoms with E-state index in [0.29, 0.717) is 61.3 Å². The van der Waals surface area contributed by atoms with Crippen LogP contribution < -0.4 is 18.9 Å². The molecule has 9 nitrogen and oxygen atoms in total. The number of ether oxygens (including phenoxy) is 5. The lowest BCUT2D eigenvalue weighted by Crippen LogP contribution is -2.51. The second-order valence-corrected chi connectivity index (χ2v) is 8.99. The van der Waals surface area contributed by atoms with E-state index < -0.39 is 5.60 Å². The number of methoxy groups -OCH3 is 3. The number of carbonyl (C=O) groups is 2. The molecule has 1 aliphatic heterocycles. The Morgan fingerprint density at radius 1 is 0.906 bits per heavy atom. The maximum atomic E-state index is 13.5. The molecule has 1 aromatic rings. The summed E-state index contributed by atoms with van der Waals surface area (Å²) in [5.41, 5.74) is -0.242. The molecule has 0 N–H and O–H groups in total. The number of hydrogen-bond donors (Lipinski definition) is 0. The van der Waals surface area contributed by atoms with Gasteiger partial charge < -0.3 is 33.5 Å². The summed E-state index contributed by atoms with van der Waals surface area (Å²) in [6.45, 7) is 11.4. The lowest BCUT2D eigenvalue weighted by molar-refractivity contribution is 0.0140. The molecule has 180 valence electrons. The van der Waals surface area contributed by atoms with E-state index in [0.717, 1.165) is 0 Å². The predicted octanol–water partition coefficient (Wildman–Crippen LogP) is 3.44. The molecule has 1 aromatic carbocycles. The summed E-state index contributed by atoms with van der Waals surface area (Å²) >= 11 is 0. The lowest BCUT2D eigenvalue weighted by Gasteiger charge is -2.36. The Labute approximate surface area is 190 Å². The Morgan fingerprint density at radius 2 is 1.47 bits per heavy atom. The van der Waals surface area contributed by atoms with Crippen LogP contribution in [0.25, 0.3) is 0 Å². The molecule has 32 heavy (non-hydrogen) atoms. The van der Waals surface area contributed by atoms with Crippen molar-refractivity contribution in [2.75, 3.05) is 54.1 Å². The highest BCUT2D eigenvalue weighted by molar-refractivity contribution is 5.99. The van der Waals surface area contributed by atoms with Crippen molar-refractivity contribution in [1.82, 2.24) is 9.80 Å². The standard InChI is InChI=1S/C23H36N2O7/c1-15(2)14-31-18-16(13-17(28-6)19(29-7)20(18)30-8)21(26)24-9-11-25(12-10-24)22(27)32-23(3,4)5/h13,15H,9-12,14H2,1-8H3. The van der Waals surface area contributed by atoms with Crippen LogP contribution in [0, 0.1) is 5.92 Å². The molecule has 0 atom stereocenters. The molecule has 0 aliphatic carbocycles. The number of rotatable bonds is 7. The first-order valence-corrected chi connectivity index (χ1v) is 10.7. The van der Waals surface area contributed by atoms with Crippen LogP contribution >= 0.6 is 0 Å². The Balaban J connectivity index is 2.29. The smallest absolute Gasteiger partial charge is 0.410 e. The fourth-order valence-corrected chi connectivity index (χ4v) is 3.27. The van der Waals surface area contributed by atoms with E-state index in [1.54, 1.807) is 15.9 Å². The van der Waals surface area contributed by atoms with Gasteiger partial charge in [-0.1, -0.05) is 13.8 Å². The molecule has 0 radical (unpaired) electrons. The zero-order chi connectivity index (χ0) is 24.1. The summed E-state index contributed by atoms with van der Waals surface area (Å²) in [7, 11) is 4.50. The molecule has 0 unspecified atom stereocenters. The Morgan fingerprint density at radius 3 is 1.94 bits per heavy atom. The van der Waals surface area contributed by atoms with E-state index in [-0.39, 0.29) is 17.9 Å². The van der Waals surface area contributed by atoms with Gasteiger partial charge in [0, 0.05) is 32.2 Å². The number of hydrogen-bond acceptors (Lipinski definition) is 7. The molecular weight excluding hydrogens is 416 g/mol. The topological polar surface area (TPSA) is 86.8 Å². The van der Waals surface area contributed by atoms with Crippen molar-refractivity contribution in [3.05, 3.63) is 11.6 Å². The number of amides is 2. The summed E-state index contributed by atoms with van der Waals surface area (Å²) in [6, 6.07) is 1.61. The molecule has 0 saturated carbocycles. The highest BCUT2D eigenvalue weighted by Crippen LogP contribution is 2.47. The van der Waals surface area contributed by atoms with E-state index in [9.17, 15) is 9.59 Å². The largest absolute Gasteiger partial charge is 0.493 e. The zero-order valence-corrected chi connectivity index (χ0v) is 20.4. The predicted molar refractivity (Wildman–Crippen MR) is 120 cm³/mol. The monoisotopic (exact) mass is 452 g/mol.